The van der Waals surface area contributed by atoms with Gasteiger partial charge in [0, 0.05) is 0 Å². The highest BCUT2D eigenvalue weighted by Crippen LogP contribution is 2.22. The van der Waals surface area contributed by atoms with Crippen LogP contribution in [0.3, 0.4) is 0 Å². The van der Waals surface area contributed by atoms with Gasteiger partial charge >= 0.3 is 0 Å². The van der Waals surface area contributed by atoms with Gasteiger partial charge in [0.05, 0.1) is 26.2 Å². The number of hydrogen-bond acceptors (Lipinski definition) is 0. The zero-order valence-electron chi connectivity index (χ0n) is 43.3. The zero-order valence-corrected chi connectivity index (χ0v) is 43.3. The average Bonchev–Trinajstić information content (AvgIpc) is 3.26. The Labute approximate surface area is 384 Å². The molecule has 0 saturated carbocycles. The Morgan fingerprint density at radius 3 is 0.350 bits per heavy atom. The van der Waals surface area contributed by atoms with E-state index in [1.54, 1.807) is 0 Å². The Morgan fingerprint density at radius 2 is 0.233 bits per heavy atom. The first-order valence-electron chi connectivity index (χ1n) is 29.6. The van der Waals surface area contributed by atoms with E-state index in [9.17, 15) is 0 Å². The van der Waals surface area contributed by atoms with Crippen LogP contribution in [-0.4, -0.2) is 30.7 Å². The van der Waals surface area contributed by atoms with Crippen LogP contribution in [0.5, 0.6) is 0 Å². The molecule has 0 unspecified atom stereocenters. The van der Waals surface area contributed by atoms with E-state index in [2.05, 4.69) is 27.7 Å². The summed E-state index contributed by atoms with van der Waals surface area (Å²) in [7, 11) is 0. The Bertz CT molecular complexity index is 650. The third-order valence-corrected chi connectivity index (χ3v) is 14.7. The van der Waals surface area contributed by atoms with Crippen LogP contribution in [0, 0.1) is 0 Å². The summed E-state index contributed by atoms with van der Waals surface area (Å²) in [6.45, 7) is 15.3. The highest BCUT2D eigenvalue weighted by atomic mass is 15.3. The molecule has 0 heterocycles. The summed E-state index contributed by atoms with van der Waals surface area (Å²) in [6, 6.07) is 0. The van der Waals surface area contributed by atoms with Crippen molar-refractivity contribution in [2.45, 2.75) is 355 Å². The molecule has 0 radical (unpaired) electrons. The first-order valence-corrected chi connectivity index (χ1v) is 29.6. The fourth-order valence-corrected chi connectivity index (χ4v) is 10.4. The van der Waals surface area contributed by atoms with E-state index < -0.39 is 0 Å². The van der Waals surface area contributed by atoms with Crippen molar-refractivity contribution in [3.8, 4) is 0 Å². The monoisotopic (exact) mass is 845 g/mol. The Kier molecular flexibility index (Phi) is 53.3. The molecule has 0 aliphatic heterocycles. The average molecular weight is 846 g/mol. The number of nitrogens with zero attached hydrogens (tertiary/aromatic N) is 1. The normalized spacial score (nSPS) is 12.0. The molecule has 362 valence electrons. The van der Waals surface area contributed by atoms with E-state index in [1.165, 1.54) is 358 Å². The van der Waals surface area contributed by atoms with Crippen LogP contribution in [0.2, 0.25) is 0 Å². The standard InChI is InChI=1S/C59H122N/c1-5-9-13-17-21-25-28-31-34-37-41-45-49-53-57-60(56-52-48-44-40-24-20-16-12-8-4,58-54-50-46-42-38-35-32-29-26-22-18-14-10-6-2)59-55-51-47-43-39-36-33-30-27-23-19-15-11-7-3/h5-59H2,1-4H3/q+1. The quantitative estimate of drug-likeness (QED) is 0.0423. The summed E-state index contributed by atoms with van der Waals surface area (Å²) >= 11 is 0. The molecule has 0 aromatic rings. The van der Waals surface area contributed by atoms with Crippen molar-refractivity contribution in [2.75, 3.05) is 26.2 Å². The van der Waals surface area contributed by atoms with Gasteiger partial charge in [-0.15, -0.1) is 0 Å². The first-order chi connectivity index (χ1) is 29.7. The van der Waals surface area contributed by atoms with Crippen LogP contribution in [0.25, 0.3) is 0 Å². The zero-order chi connectivity index (χ0) is 43.4. The second-order valence-electron chi connectivity index (χ2n) is 20.9. The van der Waals surface area contributed by atoms with Crippen molar-refractivity contribution in [3.63, 3.8) is 0 Å². The van der Waals surface area contributed by atoms with Crippen LogP contribution < -0.4 is 0 Å². The van der Waals surface area contributed by atoms with Gasteiger partial charge in [-0.1, -0.05) is 304 Å². The molecule has 0 aliphatic carbocycles. The molecule has 60 heavy (non-hydrogen) atoms. The Hall–Kier alpha value is -0.0400. The van der Waals surface area contributed by atoms with E-state index in [0.717, 1.165) is 0 Å². The smallest absolute Gasteiger partial charge is 0.0786 e. The lowest BCUT2D eigenvalue weighted by molar-refractivity contribution is -0.929. The predicted molar refractivity (Wildman–Crippen MR) is 278 cm³/mol. The summed E-state index contributed by atoms with van der Waals surface area (Å²) in [4.78, 5) is 0. The van der Waals surface area contributed by atoms with E-state index in [-0.39, 0.29) is 0 Å². The van der Waals surface area contributed by atoms with Crippen LogP contribution in [0.1, 0.15) is 355 Å². The lowest BCUT2D eigenvalue weighted by Crippen LogP contribution is -2.50. The molecule has 1 nitrogen and oxygen atoms in total. The van der Waals surface area contributed by atoms with E-state index in [0.29, 0.717) is 0 Å². The lowest BCUT2D eigenvalue weighted by Gasteiger charge is -2.40. The third kappa shape index (κ3) is 47.4. The van der Waals surface area contributed by atoms with Crippen molar-refractivity contribution < 1.29 is 4.48 Å². The van der Waals surface area contributed by atoms with Gasteiger partial charge in [-0.3, -0.25) is 0 Å². The molecular weight excluding hydrogens is 723 g/mol. The summed E-state index contributed by atoms with van der Waals surface area (Å²) in [5, 5.41) is 0. The summed E-state index contributed by atoms with van der Waals surface area (Å²) in [5.74, 6) is 0. The minimum atomic E-state index is 1.37. The molecule has 0 N–H and O–H groups in total. The van der Waals surface area contributed by atoms with Crippen molar-refractivity contribution in [1.29, 1.82) is 0 Å². The van der Waals surface area contributed by atoms with Gasteiger partial charge in [0.25, 0.3) is 0 Å². The second kappa shape index (κ2) is 53.3. The summed E-state index contributed by atoms with van der Waals surface area (Å²) in [5.41, 5.74) is 0. The largest absolute Gasteiger partial charge is 0.324 e. The predicted octanol–water partition coefficient (Wildman–Crippen LogP) is 21.8. The van der Waals surface area contributed by atoms with Gasteiger partial charge in [-0.2, -0.15) is 0 Å². The molecule has 0 amide bonds. The number of quaternary nitrogens is 1. The molecule has 0 aliphatic rings. The van der Waals surface area contributed by atoms with Gasteiger partial charge < -0.3 is 4.48 Å². The van der Waals surface area contributed by atoms with Crippen molar-refractivity contribution >= 4 is 0 Å². The molecule has 0 rings (SSSR count). The lowest BCUT2D eigenvalue weighted by atomic mass is 10.0. The van der Waals surface area contributed by atoms with Gasteiger partial charge in [0.2, 0.25) is 0 Å². The first kappa shape index (κ1) is 60.0. The van der Waals surface area contributed by atoms with E-state index in [1.807, 2.05) is 0 Å². The molecule has 0 saturated heterocycles. The highest BCUT2D eigenvalue weighted by molar-refractivity contribution is 4.57. The van der Waals surface area contributed by atoms with Crippen molar-refractivity contribution in [2.24, 2.45) is 0 Å². The Morgan fingerprint density at radius 1 is 0.133 bits per heavy atom. The molecule has 0 fully saturated rings. The molecule has 0 aromatic heterocycles. The molecular formula is C59H122N+. The molecule has 1 heteroatoms. The fourth-order valence-electron chi connectivity index (χ4n) is 10.4. The second-order valence-corrected chi connectivity index (χ2v) is 20.9. The maximum absolute atomic E-state index is 2.35. The molecule has 0 spiro atoms. The van der Waals surface area contributed by atoms with E-state index in [4.69, 9.17) is 0 Å². The highest BCUT2D eigenvalue weighted by Gasteiger charge is 2.25. The maximum atomic E-state index is 2.35. The van der Waals surface area contributed by atoms with Gasteiger partial charge in [-0.25, -0.2) is 0 Å². The van der Waals surface area contributed by atoms with Crippen molar-refractivity contribution in [1.82, 2.24) is 0 Å². The Balaban J connectivity index is 4.85. The minimum absolute atomic E-state index is 1.37. The minimum Gasteiger partial charge on any atom is -0.324 e. The van der Waals surface area contributed by atoms with Gasteiger partial charge in [0.15, 0.2) is 0 Å². The van der Waals surface area contributed by atoms with Gasteiger partial charge in [0.1, 0.15) is 0 Å². The number of hydrogen-bond donors (Lipinski definition) is 0. The molecule has 0 bridgehead atoms. The van der Waals surface area contributed by atoms with Crippen LogP contribution in [-0.2, 0) is 0 Å². The number of rotatable bonds is 55. The van der Waals surface area contributed by atoms with E-state index >= 15 is 0 Å². The molecule has 0 atom stereocenters. The SMILES string of the molecule is CCCCCCCCCCCCCCCC[N+](CCCCCCCCCCC)(CCCCCCCCCCCCCCCC)CCCCCCCCCCCCCCCC. The topological polar surface area (TPSA) is 0 Å². The van der Waals surface area contributed by atoms with Crippen molar-refractivity contribution in [3.05, 3.63) is 0 Å². The summed E-state index contributed by atoms with van der Waals surface area (Å²) in [6.07, 6.45) is 75.2. The fraction of sp³-hybridized carbons (Fsp3) is 1.00. The van der Waals surface area contributed by atoms with Crippen LogP contribution >= 0.6 is 0 Å². The summed E-state index contributed by atoms with van der Waals surface area (Å²) < 4.78 is 1.49. The molecule has 0 aromatic carbocycles. The maximum Gasteiger partial charge on any atom is 0.0786 e. The van der Waals surface area contributed by atoms with Gasteiger partial charge in [-0.05, 0) is 51.4 Å². The van der Waals surface area contributed by atoms with Crippen LogP contribution in [0.15, 0.2) is 0 Å². The number of unbranched alkanes of at least 4 members (excludes halogenated alkanes) is 47. The van der Waals surface area contributed by atoms with Crippen LogP contribution in [0.4, 0.5) is 0 Å². The third-order valence-electron chi connectivity index (χ3n) is 14.7.